The smallest absolute Gasteiger partial charge is 0.337 e. The predicted octanol–water partition coefficient (Wildman–Crippen LogP) is 1.76. The van der Waals surface area contributed by atoms with E-state index in [0.717, 1.165) is 32.1 Å². The topological polar surface area (TPSA) is 79.6 Å². The highest BCUT2D eigenvalue weighted by Gasteiger charge is 2.58. The van der Waals surface area contributed by atoms with E-state index < -0.39 is 17.4 Å². The summed E-state index contributed by atoms with van der Waals surface area (Å²) in [5.41, 5.74) is -0.771. The van der Waals surface area contributed by atoms with Gasteiger partial charge in [-0.15, -0.1) is 0 Å². The lowest BCUT2D eigenvalue weighted by Crippen LogP contribution is -2.47. The van der Waals surface area contributed by atoms with Gasteiger partial charge in [-0.3, -0.25) is 4.79 Å². The molecule has 22 heavy (non-hydrogen) atoms. The number of hydrogen-bond donors (Lipinski definition) is 0. The van der Waals surface area contributed by atoms with Gasteiger partial charge in [0.25, 0.3) is 0 Å². The molecule has 2 atom stereocenters. The Labute approximate surface area is 130 Å². The second-order valence-electron chi connectivity index (χ2n) is 5.93. The van der Waals surface area contributed by atoms with Crippen LogP contribution >= 0.6 is 0 Å². The normalized spacial score (nSPS) is 28.3. The van der Waals surface area contributed by atoms with Gasteiger partial charge in [0.05, 0.1) is 25.8 Å². The summed E-state index contributed by atoms with van der Waals surface area (Å²) in [5, 5.41) is 9.56. The van der Waals surface area contributed by atoms with E-state index in [-0.39, 0.29) is 17.3 Å². The molecule has 0 amide bonds. The molecule has 0 aromatic rings. The zero-order valence-electron chi connectivity index (χ0n) is 13.3. The van der Waals surface area contributed by atoms with E-state index >= 15 is 0 Å². The van der Waals surface area contributed by atoms with E-state index in [2.05, 4.69) is 6.07 Å². The van der Waals surface area contributed by atoms with Crippen molar-refractivity contribution in [3.8, 4) is 6.07 Å². The molecule has 6 heteroatoms. The minimum absolute atomic E-state index is 0.135. The number of nitrogens with zero attached hydrogens (tertiary/aromatic N) is 2. The molecule has 1 fully saturated rings. The lowest BCUT2D eigenvalue weighted by Gasteiger charge is -2.37. The number of rotatable bonds is 2. The monoisotopic (exact) mass is 306 g/mol. The average Bonchev–Trinajstić information content (AvgIpc) is 2.73. The molecule has 0 radical (unpaired) electrons. The fraction of sp³-hybridized carbons (Fsp3) is 0.688. The van der Waals surface area contributed by atoms with Crippen molar-refractivity contribution < 1.29 is 19.1 Å². The summed E-state index contributed by atoms with van der Waals surface area (Å²) in [5.74, 6) is -1.12. The molecule has 2 aliphatic heterocycles. The third kappa shape index (κ3) is 2.35. The van der Waals surface area contributed by atoms with Crippen molar-refractivity contribution in [2.45, 2.75) is 45.1 Å². The molecule has 0 bridgehead atoms. The zero-order chi connectivity index (χ0) is 16.3. The van der Waals surface area contributed by atoms with Crippen LogP contribution in [0.15, 0.2) is 11.3 Å². The molecule has 0 saturated carbocycles. The number of esters is 2. The van der Waals surface area contributed by atoms with Gasteiger partial charge in [-0.05, 0) is 19.8 Å². The van der Waals surface area contributed by atoms with Crippen molar-refractivity contribution in [2.24, 2.45) is 5.41 Å². The molecule has 2 heterocycles. The molecule has 1 saturated heterocycles. The van der Waals surface area contributed by atoms with Crippen molar-refractivity contribution in [2.75, 3.05) is 20.8 Å². The highest BCUT2D eigenvalue weighted by Crippen LogP contribution is 2.48. The molecule has 0 spiro atoms. The van der Waals surface area contributed by atoms with Gasteiger partial charge in [0.15, 0.2) is 0 Å². The van der Waals surface area contributed by atoms with Crippen LogP contribution < -0.4 is 0 Å². The van der Waals surface area contributed by atoms with E-state index in [0.29, 0.717) is 6.54 Å². The SMILES string of the molecule is COC(=O)C1=C(C#N)N2CCCCCC[C@@H]2[C@]1(C)C(=O)OC. The first kappa shape index (κ1) is 16.3. The lowest BCUT2D eigenvalue weighted by molar-refractivity contribution is -0.155. The molecule has 2 aliphatic rings. The van der Waals surface area contributed by atoms with Crippen molar-refractivity contribution in [3.63, 3.8) is 0 Å². The van der Waals surface area contributed by atoms with E-state index in [1.54, 1.807) is 6.92 Å². The molecule has 2 rings (SSSR count). The Balaban J connectivity index is 2.60. The Morgan fingerprint density at radius 3 is 2.50 bits per heavy atom. The Morgan fingerprint density at radius 1 is 1.23 bits per heavy atom. The number of carbonyl (C=O) groups excluding carboxylic acids is 2. The summed E-state index contributed by atoms with van der Waals surface area (Å²) in [6, 6.07) is 1.88. The van der Waals surface area contributed by atoms with Crippen LogP contribution in [0.5, 0.6) is 0 Å². The maximum absolute atomic E-state index is 12.5. The first-order chi connectivity index (χ1) is 10.5. The maximum atomic E-state index is 12.5. The average molecular weight is 306 g/mol. The van der Waals surface area contributed by atoms with Crippen LogP contribution in [0, 0.1) is 16.7 Å². The molecular weight excluding hydrogens is 284 g/mol. The summed E-state index contributed by atoms with van der Waals surface area (Å²) in [4.78, 5) is 26.7. The van der Waals surface area contributed by atoms with Crippen LogP contribution in [0.25, 0.3) is 0 Å². The number of carbonyl (C=O) groups is 2. The number of methoxy groups -OCH3 is 2. The van der Waals surface area contributed by atoms with E-state index in [4.69, 9.17) is 9.47 Å². The van der Waals surface area contributed by atoms with Gasteiger partial charge in [-0.2, -0.15) is 5.26 Å². The van der Waals surface area contributed by atoms with E-state index in [1.807, 2.05) is 4.90 Å². The minimum atomic E-state index is -1.16. The van der Waals surface area contributed by atoms with Gasteiger partial charge in [0, 0.05) is 6.54 Å². The molecule has 0 aromatic carbocycles. The number of fused-ring (bicyclic) bond motifs is 1. The fourth-order valence-electron chi connectivity index (χ4n) is 3.69. The number of hydrogen-bond acceptors (Lipinski definition) is 6. The molecule has 0 unspecified atom stereocenters. The van der Waals surface area contributed by atoms with Crippen molar-refractivity contribution in [1.29, 1.82) is 5.26 Å². The summed E-state index contributed by atoms with van der Waals surface area (Å²) in [6.07, 6.45) is 4.83. The van der Waals surface area contributed by atoms with Gasteiger partial charge in [-0.25, -0.2) is 4.79 Å². The van der Waals surface area contributed by atoms with Crippen molar-refractivity contribution >= 4 is 11.9 Å². The Bertz CT molecular complexity index is 549. The largest absolute Gasteiger partial charge is 0.468 e. The van der Waals surface area contributed by atoms with Crippen molar-refractivity contribution in [1.82, 2.24) is 4.90 Å². The van der Waals surface area contributed by atoms with Gasteiger partial charge >= 0.3 is 11.9 Å². The van der Waals surface area contributed by atoms with E-state index in [9.17, 15) is 14.9 Å². The van der Waals surface area contributed by atoms with Crippen LogP contribution in [0.4, 0.5) is 0 Å². The first-order valence-corrected chi connectivity index (χ1v) is 7.60. The minimum Gasteiger partial charge on any atom is -0.468 e. The summed E-state index contributed by atoms with van der Waals surface area (Å²) in [7, 11) is 2.57. The predicted molar refractivity (Wildman–Crippen MR) is 78.4 cm³/mol. The quantitative estimate of drug-likeness (QED) is 0.723. The summed E-state index contributed by atoms with van der Waals surface area (Å²) < 4.78 is 9.80. The van der Waals surface area contributed by atoms with Crippen molar-refractivity contribution in [3.05, 3.63) is 11.3 Å². The van der Waals surface area contributed by atoms with Gasteiger partial charge in [-0.1, -0.05) is 19.3 Å². The molecule has 0 aromatic heterocycles. The van der Waals surface area contributed by atoms with Gasteiger partial charge in [0.2, 0.25) is 0 Å². The molecule has 0 N–H and O–H groups in total. The van der Waals surface area contributed by atoms with Crippen LogP contribution in [-0.2, 0) is 19.1 Å². The Kier molecular flexibility index (Phi) is 4.74. The molecule has 0 aliphatic carbocycles. The first-order valence-electron chi connectivity index (χ1n) is 7.60. The third-order valence-corrected chi connectivity index (χ3v) is 4.82. The third-order valence-electron chi connectivity index (χ3n) is 4.82. The molecular formula is C16H22N2O4. The second-order valence-corrected chi connectivity index (χ2v) is 5.93. The Hall–Kier alpha value is -2.03. The van der Waals surface area contributed by atoms with Crippen LogP contribution in [0.3, 0.4) is 0 Å². The Morgan fingerprint density at radius 2 is 1.91 bits per heavy atom. The highest BCUT2D eigenvalue weighted by molar-refractivity contribution is 6.00. The van der Waals surface area contributed by atoms with Crippen LogP contribution in [0.1, 0.15) is 39.0 Å². The maximum Gasteiger partial charge on any atom is 0.337 e. The fourth-order valence-corrected chi connectivity index (χ4v) is 3.69. The van der Waals surface area contributed by atoms with Crippen LogP contribution in [-0.4, -0.2) is 43.6 Å². The lowest BCUT2D eigenvalue weighted by atomic mass is 9.75. The standard InChI is InChI=1S/C16H22N2O4/c1-16(15(20)22-3)12-8-6-4-5-7-9-18(12)11(10-17)13(16)14(19)21-2/h12H,4-9H2,1-3H3/t12-,16+/m1/s1. The summed E-state index contributed by atoms with van der Waals surface area (Å²) >= 11 is 0. The second kappa shape index (κ2) is 6.39. The zero-order valence-corrected chi connectivity index (χ0v) is 13.3. The number of ether oxygens (including phenoxy) is 2. The van der Waals surface area contributed by atoms with Gasteiger partial charge in [0.1, 0.15) is 17.2 Å². The molecule has 6 nitrogen and oxygen atoms in total. The van der Waals surface area contributed by atoms with E-state index in [1.165, 1.54) is 14.2 Å². The number of nitriles is 1. The van der Waals surface area contributed by atoms with Crippen LogP contribution in [0.2, 0.25) is 0 Å². The number of allylic oxidation sites excluding steroid dienone is 1. The summed E-state index contributed by atoms with van der Waals surface area (Å²) in [6.45, 7) is 2.36. The van der Waals surface area contributed by atoms with Gasteiger partial charge < -0.3 is 14.4 Å². The highest BCUT2D eigenvalue weighted by atomic mass is 16.5. The molecule has 120 valence electrons.